The minimum absolute atomic E-state index is 0.187. The van der Waals surface area contributed by atoms with Crippen molar-refractivity contribution in [3.8, 4) is 0 Å². The highest BCUT2D eigenvalue weighted by atomic mass is 35.5. The summed E-state index contributed by atoms with van der Waals surface area (Å²) in [5, 5.41) is 13.0. The van der Waals surface area contributed by atoms with Gasteiger partial charge in [0, 0.05) is 0 Å². The first kappa shape index (κ1) is 11.8. The number of anilines is 1. The zero-order valence-corrected chi connectivity index (χ0v) is 8.84. The maximum atomic E-state index is 11.1. The summed E-state index contributed by atoms with van der Waals surface area (Å²) < 4.78 is 22.1. The van der Waals surface area contributed by atoms with E-state index in [1.165, 1.54) is 0 Å². The Morgan fingerprint density at radius 2 is 1.93 bits per heavy atom. The second-order valence-corrected chi connectivity index (χ2v) is 4.57. The fourth-order valence-corrected chi connectivity index (χ4v) is 2.36. The highest BCUT2D eigenvalue weighted by Gasteiger charge is 2.22. The highest BCUT2D eigenvalue weighted by Crippen LogP contribution is 2.29. The van der Waals surface area contributed by atoms with Gasteiger partial charge < -0.3 is 10.8 Å². The Kier molecular flexibility index (Phi) is 2.89. The van der Waals surface area contributed by atoms with E-state index in [9.17, 15) is 13.2 Å². The molecule has 0 aliphatic rings. The van der Waals surface area contributed by atoms with Gasteiger partial charge in [0.2, 0.25) is 10.0 Å². The van der Waals surface area contributed by atoms with Crippen LogP contribution in [0.2, 0.25) is 5.02 Å². The van der Waals surface area contributed by atoms with Crippen LogP contribution in [0.5, 0.6) is 0 Å². The largest absolute Gasteiger partial charge is 0.478 e. The molecule has 82 valence electrons. The SMILES string of the molecule is Nc1ccc(C(=O)O)c(Cl)c1S(N)(=O)=O. The number of hydrogen-bond donors (Lipinski definition) is 3. The molecule has 0 heterocycles. The summed E-state index contributed by atoms with van der Waals surface area (Å²) in [5.41, 5.74) is 4.79. The van der Waals surface area contributed by atoms with Crippen LogP contribution in [-0.2, 0) is 10.0 Å². The lowest BCUT2D eigenvalue weighted by Gasteiger charge is -2.07. The molecular weight excluding hydrogens is 244 g/mol. The van der Waals surface area contributed by atoms with E-state index in [1.807, 2.05) is 0 Å². The number of sulfonamides is 1. The fourth-order valence-electron chi connectivity index (χ4n) is 1.03. The number of aromatic carboxylic acids is 1. The molecule has 15 heavy (non-hydrogen) atoms. The first-order chi connectivity index (χ1) is 6.75. The van der Waals surface area contributed by atoms with E-state index in [2.05, 4.69) is 0 Å². The molecule has 0 aromatic heterocycles. The maximum absolute atomic E-state index is 11.1. The van der Waals surface area contributed by atoms with E-state index in [0.717, 1.165) is 12.1 Å². The second kappa shape index (κ2) is 3.69. The average Bonchev–Trinajstić information content (AvgIpc) is 2.00. The molecule has 6 nitrogen and oxygen atoms in total. The number of rotatable bonds is 2. The van der Waals surface area contributed by atoms with Crippen molar-refractivity contribution in [2.45, 2.75) is 4.90 Å². The Morgan fingerprint density at radius 1 is 1.40 bits per heavy atom. The summed E-state index contributed by atoms with van der Waals surface area (Å²) in [6, 6.07) is 2.23. The minimum atomic E-state index is -4.14. The summed E-state index contributed by atoms with van der Waals surface area (Å²) in [6.45, 7) is 0. The summed E-state index contributed by atoms with van der Waals surface area (Å²) in [7, 11) is -4.14. The predicted octanol–water partition coefficient (Wildman–Crippen LogP) is 0.268. The summed E-state index contributed by atoms with van der Waals surface area (Å²) >= 11 is 5.57. The Balaban J connectivity index is 3.66. The van der Waals surface area contributed by atoms with Crippen molar-refractivity contribution in [3.05, 3.63) is 22.7 Å². The van der Waals surface area contributed by atoms with Gasteiger partial charge >= 0.3 is 5.97 Å². The van der Waals surface area contributed by atoms with Gasteiger partial charge in [0.15, 0.2) is 0 Å². The Morgan fingerprint density at radius 3 is 2.33 bits per heavy atom. The van der Waals surface area contributed by atoms with Gasteiger partial charge in [-0.15, -0.1) is 0 Å². The number of halogens is 1. The van der Waals surface area contributed by atoms with E-state index in [1.54, 1.807) is 0 Å². The topological polar surface area (TPSA) is 123 Å². The molecule has 0 spiro atoms. The molecule has 0 saturated carbocycles. The quantitative estimate of drug-likeness (QED) is 0.650. The van der Waals surface area contributed by atoms with Gasteiger partial charge in [0.05, 0.1) is 16.3 Å². The van der Waals surface area contributed by atoms with Gasteiger partial charge in [0.1, 0.15) is 4.90 Å². The van der Waals surface area contributed by atoms with Crippen LogP contribution >= 0.6 is 11.6 Å². The van der Waals surface area contributed by atoms with Crippen LogP contribution in [0.15, 0.2) is 17.0 Å². The van der Waals surface area contributed by atoms with Crippen LogP contribution in [-0.4, -0.2) is 19.5 Å². The van der Waals surface area contributed by atoms with Crippen molar-refractivity contribution in [2.24, 2.45) is 5.14 Å². The van der Waals surface area contributed by atoms with Crippen LogP contribution in [0.1, 0.15) is 10.4 Å². The number of hydrogen-bond acceptors (Lipinski definition) is 4. The van der Waals surface area contributed by atoms with Crippen LogP contribution in [0.4, 0.5) is 5.69 Å². The van der Waals surface area contributed by atoms with Crippen molar-refractivity contribution < 1.29 is 18.3 Å². The zero-order chi connectivity index (χ0) is 11.8. The first-order valence-corrected chi connectivity index (χ1v) is 5.51. The molecule has 1 aromatic carbocycles. The van der Waals surface area contributed by atoms with Crippen molar-refractivity contribution >= 4 is 33.3 Å². The van der Waals surface area contributed by atoms with Gasteiger partial charge in [-0.05, 0) is 12.1 Å². The summed E-state index contributed by atoms with van der Waals surface area (Å²) in [4.78, 5) is 10.1. The predicted molar refractivity (Wildman–Crippen MR) is 54.2 cm³/mol. The fraction of sp³-hybridized carbons (Fsp3) is 0. The van der Waals surface area contributed by atoms with Gasteiger partial charge in [0.25, 0.3) is 0 Å². The molecule has 0 aliphatic carbocycles. The van der Waals surface area contributed by atoms with E-state index in [4.69, 9.17) is 27.6 Å². The zero-order valence-electron chi connectivity index (χ0n) is 7.27. The third-order valence-corrected chi connectivity index (χ3v) is 3.16. The lowest BCUT2D eigenvalue weighted by molar-refractivity contribution is 0.0697. The third-order valence-electron chi connectivity index (χ3n) is 1.64. The lowest BCUT2D eigenvalue weighted by Crippen LogP contribution is -2.16. The Labute approximate surface area is 90.5 Å². The molecule has 0 atom stereocenters. The molecule has 0 saturated heterocycles. The van der Waals surface area contributed by atoms with Gasteiger partial charge in [-0.2, -0.15) is 0 Å². The van der Waals surface area contributed by atoms with E-state index in [-0.39, 0.29) is 11.3 Å². The highest BCUT2D eigenvalue weighted by molar-refractivity contribution is 7.89. The van der Waals surface area contributed by atoms with Gasteiger partial charge in [-0.3, -0.25) is 0 Å². The van der Waals surface area contributed by atoms with Crippen molar-refractivity contribution in [2.75, 3.05) is 5.73 Å². The van der Waals surface area contributed by atoms with E-state index in [0.29, 0.717) is 0 Å². The molecule has 0 unspecified atom stereocenters. The van der Waals surface area contributed by atoms with Gasteiger partial charge in [-0.25, -0.2) is 18.4 Å². The van der Waals surface area contributed by atoms with Crippen LogP contribution in [0.3, 0.4) is 0 Å². The number of primary sulfonamides is 1. The molecule has 0 aliphatic heterocycles. The Bertz CT molecular complexity index is 526. The molecule has 0 radical (unpaired) electrons. The number of carboxylic acids is 1. The number of carboxylic acid groups (broad SMARTS) is 1. The number of nitrogens with two attached hydrogens (primary N) is 2. The third kappa shape index (κ3) is 2.20. The number of benzene rings is 1. The van der Waals surface area contributed by atoms with Crippen molar-refractivity contribution in [3.63, 3.8) is 0 Å². The van der Waals surface area contributed by atoms with Gasteiger partial charge in [-0.1, -0.05) is 11.6 Å². The molecule has 1 aromatic rings. The maximum Gasteiger partial charge on any atom is 0.337 e. The monoisotopic (exact) mass is 250 g/mol. The summed E-state index contributed by atoms with van der Waals surface area (Å²) in [6.07, 6.45) is 0. The molecule has 1 rings (SSSR count). The molecule has 0 bridgehead atoms. The molecule has 8 heteroatoms. The van der Waals surface area contributed by atoms with Crippen LogP contribution in [0.25, 0.3) is 0 Å². The minimum Gasteiger partial charge on any atom is -0.478 e. The molecule has 0 amide bonds. The second-order valence-electron chi connectivity index (χ2n) is 2.70. The van der Waals surface area contributed by atoms with Crippen molar-refractivity contribution in [1.29, 1.82) is 0 Å². The standard InChI is InChI=1S/C7H7ClN2O4S/c8-5-3(7(11)12)1-2-4(9)6(5)15(10,13)14/h1-2H,9H2,(H,11,12)(H2,10,13,14). The molecule has 0 fully saturated rings. The van der Waals surface area contributed by atoms with E-state index >= 15 is 0 Å². The van der Waals surface area contributed by atoms with Crippen LogP contribution in [0, 0.1) is 0 Å². The molecular formula is C7H7ClN2O4S. The average molecular weight is 251 g/mol. The van der Waals surface area contributed by atoms with Crippen LogP contribution < -0.4 is 10.9 Å². The normalized spacial score (nSPS) is 11.3. The first-order valence-electron chi connectivity index (χ1n) is 3.59. The van der Waals surface area contributed by atoms with E-state index < -0.39 is 25.9 Å². The number of carbonyl (C=O) groups is 1. The Hall–Kier alpha value is -1.31. The van der Waals surface area contributed by atoms with Crippen molar-refractivity contribution in [1.82, 2.24) is 0 Å². The lowest BCUT2D eigenvalue weighted by atomic mass is 10.2. The number of nitrogen functional groups attached to an aromatic ring is 1. The smallest absolute Gasteiger partial charge is 0.337 e. The summed E-state index contributed by atoms with van der Waals surface area (Å²) in [5.74, 6) is -1.36. The molecule has 5 N–H and O–H groups in total.